The first-order valence-corrected chi connectivity index (χ1v) is 15.3. The average molecular weight is 643 g/mol. The molecule has 10 nitrogen and oxygen atoms in total. The summed E-state index contributed by atoms with van der Waals surface area (Å²) in [5.74, 6) is -1.15. The van der Waals surface area contributed by atoms with Gasteiger partial charge in [0.1, 0.15) is 0 Å². The van der Waals surface area contributed by atoms with Gasteiger partial charge in [0.15, 0.2) is 0 Å². The zero-order valence-electron chi connectivity index (χ0n) is 26.0. The number of ether oxygens (including phenoxy) is 1. The molecule has 0 saturated carbocycles. The first-order valence-electron chi connectivity index (χ1n) is 13.9. The predicted molar refractivity (Wildman–Crippen MR) is 176 cm³/mol. The third-order valence-corrected chi connectivity index (χ3v) is 5.25. The van der Waals surface area contributed by atoms with Gasteiger partial charge in [0.2, 0.25) is 0 Å². The monoisotopic (exact) mass is 642 g/mol. The van der Waals surface area contributed by atoms with E-state index in [-0.39, 0.29) is 19.2 Å². The van der Waals surface area contributed by atoms with E-state index < -0.39 is 16.4 Å². The maximum Gasteiger partial charge on any atom is 0.394 e. The summed E-state index contributed by atoms with van der Waals surface area (Å²) >= 11 is 0. The molecule has 4 aromatic carbocycles. The predicted octanol–water partition coefficient (Wildman–Crippen LogP) is 6.54. The van der Waals surface area contributed by atoms with E-state index in [1.807, 2.05) is 112 Å². The molecule has 0 amide bonds. The van der Waals surface area contributed by atoms with E-state index in [4.69, 9.17) is 37.6 Å². The zero-order chi connectivity index (χ0) is 34.4. The van der Waals surface area contributed by atoms with Crippen LogP contribution in [0, 0.1) is 13.8 Å². The first kappa shape index (κ1) is 40.6. The second kappa shape index (κ2) is 22.2. The Morgan fingerprint density at radius 2 is 0.978 bits per heavy atom. The second-order valence-electron chi connectivity index (χ2n) is 8.94. The number of benzene rings is 4. The van der Waals surface area contributed by atoms with E-state index >= 15 is 0 Å². The van der Waals surface area contributed by atoms with Crippen LogP contribution in [0.15, 0.2) is 97.1 Å². The summed E-state index contributed by atoms with van der Waals surface area (Å²) in [5.41, 5.74) is 6.63. The van der Waals surface area contributed by atoms with Gasteiger partial charge >= 0.3 is 22.3 Å². The fraction of sp³-hybridized carbons (Fsp3) is 0.235. The van der Waals surface area contributed by atoms with Crippen molar-refractivity contribution in [3.8, 4) is 22.3 Å². The van der Waals surface area contributed by atoms with Gasteiger partial charge in [0.05, 0.1) is 17.7 Å². The van der Waals surface area contributed by atoms with E-state index in [2.05, 4.69) is 0 Å². The van der Waals surface area contributed by atoms with Crippen LogP contribution in [0.2, 0.25) is 0 Å². The summed E-state index contributed by atoms with van der Waals surface area (Å²) in [6.07, 6.45) is 0. The summed E-state index contributed by atoms with van der Waals surface area (Å²) < 4.78 is 36.7. The van der Waals surface area contributed by atoms with Crippen LogP contribution in [0.5, 0.6) is 0 Å². The largest absolute Gasteiger partial charge is 0.478 e. The lowest BCUT2D eigenvalue weighted by atomic mass is 9.98. The molecule has 11 heteroatoms. The lowest BCUT2D eigenvalue weighted by molar-refractivity contribution is 0.0526. The van der Waals surface area contributed by atoms with Gasteiger partial charge in [-0.25, -0.2) is 9.59 Å². The molecule has 0 radical (unpaired) electrons. The van der Waals surface area contributed by atoms with Crippen LogP contribution >= 0.6 is 0 Å². The van der Waals surface area contributed by atoms with Crippen LogP contribution in [0.3, 0.4) is 0 Å². The number of carbonyl (C=O) groups excluding carboxylic acids is 1. The topological polar surface area (TPSA) is 179 Å². The Morgan fingerprint density at radius 3 is 1.31 bits per heavy atom. The fourth-order valence-electron chi connectivity index (χ4n) is 3.61. The minimum absolute atomic E-state index is 0.250. The first-order chi connectivity index (χ1) is 21.2. The normalized spacial score (nSPS) is 9.71. The molecule has 0 aliphatic carbocycles. The number of aliphatic hydroxyl groups excluding tert-OH is 2. The molecule has 4 rings (SSSR count). The van der Waals surface area contributed by atoms with Gasteiger partial charge in [-0.2, -0.15) is 8.42 Å². The number of aryl methyl sites for hydroxylation is 2. The number of aliphatic hydroxyl groups is 2. The highest BCUT2D eigenvalue weighted by Crippen LogP contribution is 2.26. The van der Waals surface area contributed by atoms with E-state index in [1.54, 1.807) is 19.9 Å². The molecular weight excluding hydrogens is 600 g/mol. The maximum atomic E-state index is 12.0. The van der Waals surface area contributed by atoms with Gasteiger partial charge in [0.25, 0.3) is 0 Å². The number of carbonyl (C=O) groups is 2. The van der Waals surface area contributed by atoms with Gasteiger partial charge in [-0.15, -0.1) is 0 Å². The van der Waals surface area contributed by atoms with Crippen molar-refractivity contribution in [2.75, 3.05) is 19.8 Å². The molecule has 0 bridgehead atoms. The maximum absolute atomic E-state index is 12.0. The summed E-state index contributed by atoms with van der Waals surface area (Å²) in [6, 6.07) is 30.8. The number of esters is 1. The Hall–Kier alpha value is -4.39. The zero-order valence-corrected chi connectivity index (χ0v) is 26.9. The number of hydrogen-bond donors (Lipinski definition) is 5. The highest BCUT2D eigenvalue weighted by molar-refractivity contribution is 7.79. The Bertz CT molecular complexity index is 1530. The molecule has 0 fully saturated rings. The van der Waals surface area contributed by atoms with Gasteiger partial charge in [-0.05, 0) is 69.0 Å². The molecule has 0 atom stereocenters. The van der Waals surface area contributed by atoms with E-state index in [0.717, 1.165) is 33.4 Å². The second-order valence-corrected chi connectivity index (χ2v) is 9.83. The number of aromatic carboxylic acids is 1. The van der Waals surface area contributed by atoms with Crippen LogP contribution in [0.25, 0.3) is 22.3 Å². The lowest BCUT2D eigenvalue weighted by Gasteiger charge is -2.10. The minimum atomic E-state index is -4.67. The van der Waals surface area contributed by atoms with Crippen LogP contribution in [-0.4, -0.2) is 64.6 Å². The Labute approximate surface area is 265 Å². The lowest BCUT2D eigenvalue weighted by Crippen LogP contribution is -2.06. The van der Waals surface area contributed by atoms with Crippen molar-refractivity contribution in [2.24, 2.45) is 0 Å². The Balaban J connectivity index is 0.000000653. The van der Waals surface area contributed by atoms with Crippen molar-refractivity contribution in [3.05, 3.63) is 119 Å². The summed E-state index contributed by atoms with van der Waals surface area (Å²) in [6.45, 7) is 9.93. The van der Waals surface area contributed by atoms with Crippen LogP contribution in [0.4, 0.5) is 0 Å². The van der Waals surface area contributed by atoms with Crippen molar-refractivity contribution in [1.82, 2.24) is 0 Å². The molecular formula is C34H42O10S. The summed E-state index contributed by atoms with van der Waals surface area (Å²) in [5, 5.41) is 24.3. The van der Waals surface area contributed by atoms with E-state index in [1.165, 1.54) is 0 Å². The highest BCUT2D eigenvalue weighted by atomic mass is 32.3. The standard InChI is InChI=1S/C16H16O2.C14H12O2.2C2H6O.H2O4S/c1-3-18-16(17)15-11-12(2)9-10-14(15)13-7-5-4-6-8-13;1-10-7-8-12(13(9-10)14(15)16)11-5-3-2-4-6-11;2*1-2-3;1-5(2,3)4/h4-11H,3H2,1-2H3;2-9H,1H3,(H,15,16);2*3H,2H2,1H3;(H2,1,2,3,4). The SMILES string of the molecule is CCO.CCO.CCOC(=O)c1cc(C)ccc1-c1ccccc1.Cc1ccc(-c2ccccc2)c(C(=O)O)c1.O=S(=O)(O)O. The smallest absolute Gasteiger partial charge is 0.394 e. The van der Waals surface area contributed by atoms with Crippen molar-refractivity contribution in [3.63, 3.8) is 0 Å². The molecule has 0 unspecified atom stereocenters. The van der Waals surface area contributed by atoms with Crippen LogP contribution in [-0.2, 0) is 15.1 Å². The quantitative estimate of drug-likeness (QED) is 0.118. The number of carboxylic acid groups (broad SMARTS) is 1. The number of hydrogen-bond acceptors (Lipinski definition) is 7. The van der Waals surface area contributed by atoms with Crippen molar-refractivity contribution < 1.29 is 47.2 Å². The third kappa shape index (κ3) is 17.5. The molecule has 244 valence electrons. The van der Waals surface area contributed by atoms with Crippen LogP contribution < -0.4 is 0 Å². The molecule has 0 heterocycles. The molecule has 0 aliphatic heterocycles. The molecule has 0 spiro atoms. The Morgan fingerprint density at radius 1 is 0.644 bits per heavy atom. The van der Waals surface area contributed by atoms with Gasteiger partial charge in [-0.1, -0.05) is 96.1 Å². The summed E-state index contributed by atoms with van der Waals surface area (Å²) in [7, 11) is -4.67. The van der Waals surface area contributed by atoms with E-state index in [0.29, 0.717) is 17.7 Å². The van der Waals surface area contributed by atoms with Gasteiger partial charge in [0, 0.05) is 13.2 Å². The van der Waals surface area contributed by atoms with Gasteiger partial charge < -0.3 is 20.1 Å². The van der Waals surface area contributed by atoms with Gasteiger partial charge in [-0.3, -0.25) is 9.11 Å². The molecule has 0 aliphatic rings. The molecule has 0 aromatic heterocycles. The molecule has 0 saturated heterocycles. The minimum Gasteiger partial charge on any atom is -0.478 e. The molecule has 45 heavy (non-hydrogen) atoms. The average Bonchev–Trinajstić information content (AvgIpc) is 2.98. The van der Waals surface area contributed by atoms with Crippen molar-refractivity contribution >= 4 is 22.3 Å². The molecule has 4 aromatic rings. The number of rotatable bonds is 5. The van der Waals surface area contributed by atoms with Crippen LogP contribution in [0.1, 0.15) is 52.6 Å². The van der Waals surface area contributed by atoms with Crippen molar-refractivity contribution in [2.45, 2.75) is 34.6 Å². The van der Waals surface area contributed by atoms with E-state index in [9.17, 15) is 9.59 Å². The summed E-state index contributed by atoms with van der Waals surface area (Å²) in [4.78, 5) is 23.1. The van der Waals surface area contributed by atoms with Crippen molar-refractivity contribution in [1.29, 1.82) is 0 Å². The highest BCUT2D eigenvalue weighted by Gasteiger charge is 2.14. The third-order valence-electron chi connectivity index (χ3n) is 5.25. The number of carboxylic acids is 1. The molecule has 5 N–H and O–H groups in total. The Kier molecular flexibility index (Phi) is 20.0. The fourth-order valence-corrected chi connectivity index (χ4v) is 3.61.